The maximum Gasteiger partial charge on any atom is 0.235 e. The highest BCUT2D eigenvalue weighted by molar-refractivity contribution is 6.02. The molecular formula is C25H34FN5O2. The summed E-state index contributed by atoms with van der Waals surface area (Å²) < 4.78 is 17.1. The number of piperidine rings is 3. The van der Waals surface area contributed by atoms with E-state index in [9.17, 15) is 9.59 Å². The highest BCUT2D eigenvalue weighted by Gasteiger charge is 2.33. The molecule has 7 nitrogen and oxygen atoms in total. The van der Waals surface area contributed by atoms with Crippen molar-refractivity contribution in [2.75, 3.05) is 26.2 Å². The Morgan fingerprint density at radius 2 is 1.82 bits per heavy atom. The van der Waals surface area contributed by atoms with Gasteiger partial charge in [0.2, 0.25) is 11.8 Å². The van der Waals surface area contributed by atoms with E-state index in [2.05, 4.69) is 27.6 Å². The minimum atomic E-state index is -0.517. The molecule has 4 heterocycles. The van der Waals surface area contributed by atoms with Gasteiger partial charge in [-0.3, -0.25) is 19.6 Å². The van der Waals surface area contributed by atoms with Gasteiger partial charge >= 0.3 is 0 Å². The Morgan fingerprint density at radius 3 is 2.52 bits per heavy atom. The van der Waals surface area contributed by atoms with Crippen LogP contribution in [0.3, 0.4) is 0 Å². The lowest BCUT2D eigenvalue weighted by atomic mass is 9.85. The van der Waals surface area contributed by atoms with E-state index in [0.29, 0.717) is 23.5 Å². The zero-order valence-corrected chi connectivity index (χ0v) is 19.6. The highest BCUT2D eigenvalue weighted by atomic mass is 19.1. The quantitative estimate of drug-likeness (QED) is 0.693. The summed E-state index contributed by atoms with van der Waals surface area (Å²) in [6.45, 7) is 6.58. The Labute approximate surface area is 194 Å². The van der Waals surface area contributed by atoms with Crippen molar-refractivity contribution in [3.8, 4) is 0 Å². The minimum absolute atomic E-state index is 0.194. The summed E-state index contributed by atoms with van der Waals surface area (Å²) in [6, 6.07) is 4.07. The van der Waals surface area contributed by atoms with Crippen LogP contribution in [0.4, 0.5) is 4.39 Å². The molecule has 3 aliphatic rings. The normalized spacial score (nSPS) is 24.9. The third-order valence-electron chi connectivity index (χ3n) is 8.18. The molecule has 0 spiro atoms. The van der Waals surface area contributed by atoms with E-state index < -0.39 is 5.92 Å². The number of aryl methyl sites for hydroxylation is 1. The molecule has 2 amide bonds. The zero-order chi connectivity index (χ0) is 23.1. The standard InChI is InChI=1S/C25H34FN5O2/c1-15(16-5-9-27-10-6-16)31-11-7-17(8-12-31)19-14-22-20(13-21(19)26)24(29-30(22)2)18-3-4-23(32)28-25(18)33/h13-18,27H,3-12H2,1-2H3,(H,28,32,33)/t15-,18?/m1/s1. The monoisotopic (exact) mass is 455 g/mol. The summed E-state index contributed by atoms with van der Waals surface area (Å²) in [5.74, 6) is -0.391. The molecule has 3 aliphatic heterocycles. The molecule has 5 rings (SSSR count). The summed E-state index contributed by atoms with van der Waals surface area (Å²) in [5, 5.41) is 11.1. The zero-order valence-electron chi connectivity index (χ0n) is 19.6. The summed E-state index contributed by atoms with van der Waals surface area (Å²) in [4.78, 5) is 26.5. The maximum absolute atomic E-state index is 15.4. The Balaban J connectivity index is 1.33. The van der Waals surface area contributed by atoms with Crippen LogP contribution in [0.15, 0.2) is 12.1 Å². The van der Waals surface area contributed by atoms with Crippen molar-refractivity contribution in [2.24, 2.45) is 13.0 Å². The van der Waals surface area contributed by atoms with Gasteiger partial charge in [-0.1, -0.05) is 0 Å². The molecule has 2 N–H and O–H groups in total. The fraction of sp³-hybridized carbons (Fsp3) is 0.640. The number of carbonyl (C=O) groups excluding carboxylic acids is 2. The molecule has 0 radical (unpaired) electrons. The molecular weight excluding hydrogens is 421 g/mol. The second-order valence-electron chi connectivity index (χ2n) is 10.0. The second kappa shape index (κ2) is 9.14. The minimum Gasteiger partial charge on any atom is -0.317 e. The van der Waals surface area contributed by atoms with Gasteiger partial charge in [0.25, 0.3) is 0 Å². The van der Waals surface area contributed by atoms with Crippen LogP contribution in [0, 0.1) is 11.7 Å². The van der Waals surface area contributed by atoms with Gasteiger partial charge in [0.15, 0.2) is 0 Å². The van der Waals surface area contributed by atoms with Gasteiger partial charge < -0.3 is 10.2 Å². The van der Waals surface area contributed by atoms with Gasteiger partial charge in [0.1, 0.15) is 5.82 Å². The number of halogens is 1. The largest absolute Gasteiger partial charge is 0.317 e. The summed E-state index contributed by atoms with van der Waals surface area (Å²) in [7, 11) is 1.84. The predicted octanol–water partition coefficient (Wildman–Crippen LogP) is 2.80. The SMILES string of the molecule is C[C@H](C1CCNCC1)N1CCC(c2cc3c(cc2F)c(C2CCC(=O)NC2=O)nn3C)CC1. The van der Waals surface area contributed by atoms with Crippen molar-refractivity contribution in [2.45, 2.75) is 63.3 Å². The number of hydrogen-bond donors (Lipinski definition) is 2. The van der Waals surface area contributed by atoms with Gasteiger partial charge in [0.05, 0.1) is 17.1 Å². The average Bonchev–Trinajstić information content (AvgIpc) is 3.13. The number of imide groups is 1. The predicted molar refractivity (Wildman–Crippen MR) is 124 cm³/mol. The van der Waals surface area contributed by atoms with E-state index >= 15 is 4.39 Å². The lowest BCUT2D eigenvalue weighted by molar-refractivity contribution is -0.134. The van der Waals surface area contributed by atoms with Crippen LogP contribution in [0.5, 0.6) is 0 Å². The van der Waals surface area contributed by atoms with Crippen molar-refractivity contribution in [3.05, 3.63) is 29.2 Å². The lowest BCUT2D eigenvalue weighted by Gasteiger charge is -2.41. The Bertz CT molecular complexity index is 1050. The van der Waals surface area contributed by atoms with Gasteiger partial charge in [-0.25, -0.2) is 4.39 Å². The third kappa shape index (κ3) is 4.30. The third-order valence-corrected chi connectivity index (χ3v) is 8.18. The van der Waals surface area contributed by atoms with E-state index in [0.717, 1.165) is 56.0 Å². The van der Waals surface area contributed by atoms with Gasteiger partial charge in [-0.2, -0.15) is 5.10 Å². The average molecular weight is 456 g/mol. The number of carbonyl (C=O) groups is 2. The van der Waals surface area contributed by atoms with Gasteiger partial charge in [0, 0.05) is 24.9 Å². The van der Waals surface area contributed by atoms with E-state index in [4.69, 9.17) is 0 Å². The second-order valence-corrected chi connectivity index (χ2v) is 10.0. The van der Waals surface area contributed by atoms with Gasteiger partial charge in [-0.05, 0) is 94.7 Å². The van der Waals surface area contributed by atoms with Crippen LogP contribution < -0.4 is 10.6 Å². The summed E-state index contributed by atoms with van der Waals surface area (Å²) >= 11 is 0. The van der Waals surface area contributed by atoms with E-state index in [1.54, 1.807) is 10.7 Å². The number of benzene rings is 1. The number of rotatable bonds is 4. The smallest absolute Gasteiger partial charge is 0.235 e. The van der Waals surface area contributed by atoms with Crippen LogP contribution >= 0.6 is 0 Å². The Hall–Kier alpha value is -2.32. The Kier molecular flexibility index (Phi) is 6.22. The van der Waals surface area contributed by atoms with Crippen LogP contribution in [0.1, 0.15) is 68.5 Å². The number of amides is 2. The van der Waals surface area contributed by atoms with Crippen molar-refractivity contribution < 1.29 is 14.0 Å². The number of nitrogens with one attached hydrogen (secondary N) is 2. The molecule has 3 saturated heterocycles. The van der Waals surface area contributed by atoms with Crippen molar-refractivity contribution in [3.63, 3.8) is 0 Å². The van der Waals surface area contributed by atoms with Crippen molar-refractivity contribution in [1.29, 1.82) is 0 Å². The number of likely N-dealkylation sites (tertiary alicyclic amines) is 1. The molecule has 33 heavy (non-hydrogen) atoms. The van der Waals surface area contributed by atoms with Crippen molar-refractivity contribution in [1.82, 2.24) is 25.3 Å². The molecule has 8 heteroatoms. The molecule has 0 saturated carbocycles. The molecule has 0 bridgehead atoms. The van der Waals surface area contributed by atoms with Crippen LogP contribution in [0.25, 0.3) is 10.9 Å². The van der Waals surface area contributed by atoms with Crippen molar-refractivity contribution >= 4 is 22.7 Å². The van der Waals surface area contributed by atoms with E-state index in [1.165, 1.54) is 12.8 Å². The highest BCUT2D eigenvalue weighted by Crippen LogP contribution is 2.37. The topological polar surface area (TPSA) is 79.3 Å². The molecule has 1 aromatic carbocycles. The molecule has 1 unspecified atom stereocenters. The van der Waals surface area contributed by atoms with Crippen LogP contribution in [-0.2, 0) is 16.6 Å². The molecule has 1 aromatic heterocycles. The van der Waals surface area contributed by atoms with Crippen LogP contribution in [0.2, 0.25) is 0 Å². The van der Waals surface area contributed by atoms with E-state index in [-0.39, 0.29) is 30.0 Å². The maximum atomic E-state index is 15.4. The van der Waals surface area contributed by atoms with Gasteiger partial charge in [-0.15, -0.1) is 0 Å². The molecule has 0 aliphatic carbocycles. The number of fused-ring (bicyclic) bond motifs is 1. The first-order chi connectivity index (χ1) is 15.9. The molecule has 3 fully saturated rings. The first kappa shape index (κ1) is 22.5. The fourth-order valence-corrected chi connectivity index (χ4v) is 6.09. The lowest BCUT2D eigenvalue weighted by Crippen LogP contribution is -2.46. The van der Waals surface area contributed by atoms with Crippen LogP contribution in [-0.4, -0.2) is 58.7 Å². The number of nitrogens with zero attached hydrogens (tertiary/aromatic N) is 3. The molecule has 2 atom stereocenters. The van der Waals surface area contributed by atoms with E-state index in [1.807, 2.05) is 13.1 Å². The number of hydrogen-bond acceptors (Lipinski definition) is 5. The first-order valence-corrected chi connectivity index (χ1v) is 12.4. The summed E-state index contributed by atoms with van der Waals surface area (Å²) in [6.07, 6.45) is 5.08. The fourth-order valence-electron chi connectivity index (χ4n) is 6.09. The molecule has 178 valence electrons. The summed E-state index contributed by atoms with van der Waals surface area (Å²) in [5.41, 5.74) is 2.17. The first-order valence-electron chi connectivity index (χ1n) is 12.4. The number of aromatic nitrogens is 2. The molecule has 2 aromatic rings. The Morgan fingerprint density at radius 1 is 1.09 bits per heavy atom.